The first-order chi connectivity index (χ1) is 12.8. The first-order valence-electron chi connectivity index (χ1n) is 8.75. The zero-order valence-electron chi connectivity index (χ0n) is 14.8. The summed E-state index contributed by atoms with van der Waals surface area (Å²) in [4.78, 5) is 14.6. The van der Waals surface area contributed by atoms with Crippen LogP contribution >= 0.6 is 0 Å². The van der Waals surface area contributed by atoms with Gasteiger partial charge in [-0.15, -0.1) is 0 Å². The van der Waals surface area contributed by atoms with Gasteiger partial charge < -0.3 is 14.4 Å². The molecule has 1 aliphatic rings. The van der Waals surface area contributed by atoms with E-state index in [0.29, 0.717) is 12.2 Å². The Bertz CT molecular complexity index is 757. The average Bonchev–Trinajstić information content (AvgIpc) is 2.72. The third-order valence-electron chi connectivity index (χ3n) is 4.20. The maximum atomic E-state index is 12.4. The van der Waals surface area contributed by atoms with Gasteiger partial charge in [0.1, 0.15) is 12.4 Å². The molecule has 0 radical (unpaired) electrons. The summed E-state index contributed by atoms with van der Waals surface area (Å²) in [5, 5.41) is 0. The quantitative estimate of drug-likeness (QED) is 0.430. The van der Waals surface area contributed by atoms with Crippen molar-refractivity contribution in [3.63, 3.8) is 0 Å². The third-order valence-corrected chi connectivity index (χ3v) is 4.20. The molecule has 0 aromatic heterocycles. The largest absolute Gasteiger partial charge is 0.490 e. The van der Waals surface area contributed by atoms with Crippen LogP contribution in [0.2, 0.25) is 0 Å². The molecule has 2 aromatic carbocycles. The van der Waals surface area contributed by atoms with Crippen LogP contribution in [0.5, 0.6) is 5.75 Å². The third kappa shape index (κ3) is 4.83. The van der Waals surface area contributed by atoms with Gasteiger partial charge in [-0.3, -0.25) is 4.79 Å². The Hall–Kier alpha value is -2.85. The Morgan fingerprint density at radius 1 is 1.08 bits per heavy atom. The molecule has 1 heterocycles. The number of ether oxygens (including phenoxy) is 2. The van der Waals surface area contributed by atoms with Gasteiger partial charge in [-0.25, -0.2) is 0 Å². The number of allylic oxidation sites excluding steroid dienone is 1. The van der Waals surface area contributed by atoms with Crippen molar-refractivity contribution in [2.75, 3.05) is 37.8 Å². The standard InChI is InChI=1S/C22H23NO3/c1-2-15-26-21-10-3-18(4-11-21)5-12-22(24)19-6-8-20(9-7-19)23-13-16-25-17-14-23/h2-12H,1,13-17H2/b12-5+. The fourth-order valence-corrected chi connectivity index (χ4v) is 2.76. The number of morpholine rings is 1. The van der Waals surface area contributed by atoms with Crippen LogP contribution in [-0.2, 0) is 4.74 Å². The summed E-state index contributed by atoms with van der Waals surface area (Å²) in [6.07, 6.45) is 5.12. The molecule has 0 aliphatic carbocycles. The SMILES string of the molecule is C=CCOc1ccc(/C=C/C(=O)c2ccc(N3CCOCC3)cc2)cc1. The van der Waals surface area contributed by atoms with Crippen LogP contribution in [0.1, 0.15) is 15.9 Å². The fourth-order valence-electron chi connectivity index (χ4n) is 2.76. The Kier molecular flexibility index (Phi) is 6.23. The van der Waals surface area contributed by atoms with Gasteiger partial charge in [0.05, 0.1) is 13.2 Å². The molecule has 4 nitrogen and oxygen atoms in total. The minimum absolute atomic E-state index is 0.00879. The molecule has 4 heteroatoms. The van der Waals surface area contributed by atoms with E-state index in [9.17, 15) is 4.79 Å². The predicted octanol–water partition coefficient (Wildman–Crippen LogP) is 3.98. The van der Waals surface area contributed by atoms with Crippen LogP contribution in [-0.4, -0.2) is 38.7 Å². The predicted molar refractivity (Wildman–Crippen MR) is 105 cm³/mol. The normalized spacial score (nSPS) is 14.4. The number of carbonyl (C=O) groups is 1. The Balaban J connectivity index is 1.60. The lowest BCUT2D eigenvalue weighted by molar-refractivity contribution is 0.104. The number of ketones is 1. The minimum Gasteiger partial charge on any atom is -0.490 e. The van der Waals surface area contributed by atoms with E-state index in [1.165, 1.54) is 0 Å². The number of nitrogens with zero attached hydrogens (tertiary/aromatic N) is 1. The lowest BCUT2D eigenvalue weighted by atomic mass is 10.1. The molecule has 0 N–H and O–H groups in total. The molecule has 26 heavy (non-hydrogen) atoms. The molecule has 1 saturated heterocycles. The summed E-state index contributed by atoms with van der Waals surface area (Å²) < 4.78 is 10.8. The van der Waals surface area contributed by atoms with Crippen LogP contribution in [0.25, 0.3) is 6.08 Å². The van der Waals surface area contributed by atoms with E-state index in [1.54, 1.807) is 12.2 Å². The second-order valence-corrected chi connectivity index (χ2v) is 6.01. The van der Waals surface area contributed by atoms with Crippen LogP contribution in [0.4, 0.5) is 5.69 Å². The Morgan fingerprint density at radius 3 is 2.42 bits per heavy atom. The van der Waals surface area contributed by atoms with Crippen molar-refractivity contribution in [1.82, 2.24) is 0 Å². The number of benzene rings is 2. The van der Waals surface area contributed by atoms with Crippen LogP contribution < -0.4 is 9.64 Å². The maximum Gasteiger partial charge on any atom is 0.185 e. The summed E-state index contributed by atoms with van der Waals surface area (Å²) in [6, 6.07) is 15.4. The molecule has 1 aliphatic heterocycles. The van der Waals surface area contributed by atoms with Gasteiger partial charge in [0.15, 0.2) is 5.78 Å². The summed E-state index contributed by atoms with van der Waals surface area (Å²) >= 11 is 0. The van der Waals surface area contributed by atoms with Gasteiger partial charge >= 0.3 is 0 Å². The van der Waals surface area contributed by atoms with Gasteiger partial charge in [-0.1, -0.05) is 30.9 Å². The Morgan fingerprint density at radius 2 is 1.77 bits per heavy atom. The summed E-state index contributed by atoms with van der Waals surface area (Å²) in [6.45, 7) is 7.38. The number of hydrogen-bond donors (Lipinski definition) is 0. The average molecular weight is 349 g/mol. The van der Waals surface area contributed by atoms with E-state index in [1.807, 2.05) is 54.6 Å². The van der Waals surface area contributed by atoms with Gasteiger partial charge in [-0.05, 0) is 48.0 Å². The second kappa shape index (κ2) is 9.02. The molecule has 134 valence electrons. The van der Waals surface area contributed by atoms with Gasteiger partial charge in [0, 0.05) is 24.3 Å². The lowest BCUT2D eigenvalue weighted by Gasteiger charge is -2.28. The van der Waals surface area contributed by atoms with E-state index in [2.05, 4.69) is 11.5 Å². The molecule has 2 aromatic rings. The smallest absolute Gasteiger partial charge is 0.185 e. The molecule has 3 rings (SSSR count). The molecule has 0 unspecified atom stereocenters. The number of anilines is 1. The van der Waals surface area contributed by atoms with E-state index in [0.717, 1.165) is 43.3 Å². The van der Waals surface area contributed by atoms with Crippen LogP contribution in [0.15, 0.2) is 67.3 Å². The van der Waals surface area contributed by atoms with Gasteiger partial charge in [0.25, 0.3) is 0 Å². The summed E-state index contributed by atoms with van der Waals surface area (Å²) in [5.74, 6) is 0.776. The number of hydrogen-bond acceptors (Lipinski definition) is 4. The molecule has 0 saturated carbocycles. The van der Waals surface area contributed by atoms with Crippen molar-refractivity contribution in [3.05, 3.63) is 78.4 Å². The number of rotatable bonds is 7. The molecule has 0 bridgehead atoms. The first kappa shape index (κ1) is 18.0. The Labute approximate surface area is 154 Å². The molecule has 1 fully saturated rings. The topological polar surface area (TPSA) is 38.8 Å². The highest BCUT2D eigenvalue weighted by molar-refractivity contribution is 6.07. The van der Waals surface area contributed by atoms with Crippen molar-refractivity contribution < 1.29 is 14.3 Å². The zero-order chi connectivity index (χ0) is 18.2. The van der Waals surface area contributed by atoms with Crippen molar-refractivity contribution in [3.8, 4) is 5.75 Å². The zero-order valence-corrected chi connectivity index (χ0v) is 14.8. The first-order valence-corrected chi connectivity index (χ1v) is 8.75. The van der Waals surface area contributed by atoms with E-state index in [-0.39, 0.29) is 5.78 Å². The van der Waals surface area contributed by atoms with Crippen molar-refractivity contribution in [2.24, 2.45) is 0 Å². The van der Waals surface area contributed by atoms with E-state index < -0.39 is 0 Å². The summed E-state index contributed by atoms with van der Waals surface area (Å²) in [7, 11) is 0. The highest BCUT2D eigenvalue weighted by Gasteiger charge is 2.11. The van der Waals surface area contributed by atoms with E-state index >= 15 is 0 Å². The second-order valence-electron chi connectivity index (χ2n) is 6.01. The van der Waals surface area contributed by atoms with Gasteiger partial charge in [0.2, 0.25) is 0 Å². The molecule has 0 spiro atoms. The van der Waals surface area contributed by atoms with Crippen LogP contribution in [0, 0.1) is 0 Å². The van der Waals surface area contributed by atoms with Crippen LogP contribution in [0.3, 0.4) is 0 Å². The highest BCUT2D eigenvalue weighted by Crippen LogP contribution is 2.18. The minimum atomic E-state index is -0.00879. The molecular weight excluding hydrogens is 326 g/mol. The lowest BCUT2D eigenvalue weighted by Crippen LogP contribution is -2.36. The van der Waals surface area contributed by atoms with Crippen molar-refractivity contribution in [2.45, 2.75) is 0 Å². The maximum absolute atomic E-state index is 12.4. The number of carbonyl (C=O) groups excluding carboxylic acids is 1. The van der Waals surface area contributed by atoms with Gasteiger partial charge in [-0.2, -0.15) is 0 Å². The monoisotopic (exact) mass is 349 g/mol. The molecule has 0 amide bonds. The molecule has 0 atom stereocenters. The summed E-state index contributed by atoms with van der Waals surface area (Å²) in [5.41, 5.74) is 2.77. The fraction of sp³-hybridized carbons (Fsp3) is 0.227. The molecular formula is C22H23NO3. The van der Waals surface area contributed by atoms with Crippen molar-refractivity contribution in [1.29, 1.82) is 0 Å². The van der Waals surface area contributed by atoms with E-state index in [4.69, 9.17) is 9.47 Å². The highest BCUT2D eigenvalue weighted by atomic mass is 16.5. The van der Waals surface area contributed by atoms with Crippen molar-refractivity contribution >= 4 is 17.5 Å².